The van der Waals surface area contributed by atoms with Crippen LogP contribution in [0.15, 0.2) is 0 Å². The largest absolute Gasteiger partial charge is 0.383 e. The van der Waals surface area contributed by atoms with Crippen molar-refractivity contribution in [3.8, 4) is 0 Å². The number of hydrogen-bond acceptors (Lipinski definition) is 3. The summed E-state index contributed by atoms with van der Waals surface area (Å²) < 4.78 is 5.40. The van der Waals surface area contributed by atoms with Gasteiger partial charge in [-0.2, -0.15) is 0 Å². The molecule has 1 atom stereocenters. The van der Waals surface area contributed by atoms with Gasteiger partial charge >= 0.3 is 0 Å². The third-order valence-corrected chi connectivity index (χ3v) is 3.64. The molecule has 0 aromatic heterocycles. The maximum atomic E-state index is 5.40. The second-order valence-electron chi connectivity index (χ2n) is 5.70. The first kappa shape index (κ1) is 14.9. The van der Waals surface area contributed by atoms with Crippen LogP contribution in [0, 0.1) is 5.92 Å². The number of nitrogens with one attached hydrogen (secondary N) is 1. The normalized spacial score (nSPS) is 19.4. The minimum Gasteiger partial charge on any atom is -0.383 e. The number of hydrogen-bond donors (Lipinski definition) is 1. The van der Waals surface area contributed by atoms with E-state index in [-0.39, 0.29) is 0 Å². The second-order valence-corrected chi connectivity index (χ2v) is 5.70. The van der Waals surface area contributed by atoms with E-state index in [0.29, 0.717) is 6.04 Å². The molecular weight excluding hydrogens is 212 g/mol. The third kappa shape index (κ3) is 4.94. The molecule has 0 aromatic rings. The Bertz CT molecular complexity index is 185. The number of ether oxygens (including phenoxy) is 1. The van der Waals surface area contributed by atoms with Gasteiger partial charge in [-0.05, 0) is 25.8 Å². The van der Waals surface area contributed by atoms with Crippen LogP contribution in [0.3, 0.4) is 0 Å². The van der Waals surface area contributed by atoms with Crippen molar-refractivity contribution in [3.05, 3.63) is 0 Å². The molecule has 0 aliphatic heterocycles. The van der Waals surface area contributed by atoms with Crippen molar-refractivity contribution in [2.24, 2.45) is 5.92 Å². The Morgan fingerprint density at radius 3 is 2.41 bits per heavy atom. The van der Waals surface area contributed by atoms with E-state index >= 15 is 0 Å². The van der Waals surface area contributed by atoms with Gasteiger partial charge in [0.15, 0.2) is 0 Å². The number of likely N-dealkylation sites (N-methyl/N-ethyl adjacent to an activating group) is 1. The van der Waals surface area contributed by atoms with E-state index in [1.807, 2.05) is 14.2 Å². The highest BCUT2D eigenvalue weighted by Gasteiger charge is 2.28. The van der Waals surface area contributed by atoms with Crippen LogP contribution in [-0.4, -0.2) is 50.8 Å². The highest BCUT2D eigenvalue weighted by atomic mass is 16.5. The Morgan fingerprint density at radius 2 is 1.94 bits per heavy atom. The Morgan fingerprint density at radius 1 is 1.29 bits per heavy atom. The van der Waals surface area contributed by atoms with Crippen LogP contribution in [0.1, 0.15) is 39.5 Å². The summed E-state index contributed by atoms with van der Waals surface area (Å²) in [6.45, 7) is 7.68. The molecular formula is C14H30N2O. The molecule has 0 radical (unpaired) electrons. The zero-order chi connectivity index (χ0) is 12.7. The Labute approximate surface area is 107 Å². The number of rotatable bonds is 8. The minimum absolute atomic E-state index is 0.524. The maximum Gasteiger partial charge on any atom is 0.0630 e. The summed E-state index contributed by atoms with van der Waals surface area (Å²) in [5.74, 6) is 0.729. The van der Waals surface area contributed by atoms with E-state index in [2.05, 4.69) is 24.1 Å². The third-order valence-electron chi connectivity index (χ3n) is 3.64. The molecule has 102 valence electrons. The molecule has 0 amide bonds. The van der Waals surface area contributed by atoms with Gasteiger partial charge in [-0.1, -0.05) is 26.7 Å². The van der Waals surface area contributed by atoms with Crippen LogP contribution in [0.4, 0.5) is 0 Å². The Balaban J connectivity index is 2.62. The average molecular weight is 242 g/mol. The first-order valence-corrected chi connectivity index (χ1v) is 7.08. The summed E-state index contributed by atoms with van der Waals surface area (Å²) in [6.07, 6.45) is 5.55. The summed E-state index contributed by atoms with van der Waals surface area (Å²) in [5.41, 5.74) is 0. The Hall–Kier alpha value is -0.120. The van der Waals surface area contributed by atoms with Crippen molar-refractivity contribution in [1.82, 2.24) is 10.2 Å². The van der Waals surface area contributed by atoms with E-state index < -0.39 is 0 Å². The summed E-state index contributed by atoms with van der Waals surface area (Å²) in [5, 5.41) is 3.31. The van der Waals surface area contributed by atoms with Crippen LogP contribution in [0.5, 0.6) is 0 Å². The summed E-state index contributed by atoms with van der Waals surface area (Å²) >= 11 is 0. The molecule has 1 N–H and O–H groups in total. The molecule has 3 nitrogen and oxygen atoms in total. The van der Waals surface area contributed by atoms with Gasteiger partial charge < -0.3 is 10.1 Å². The van der Waals surface area contributed by atoms with Crippen LogP contribution < -0.4 is 5.32 Å². The fraction of sp³-hybridized carbons (Fsp3) is 1.00. The highest BCUT2D eigenvalue weighted by molar-refractivity contribution is 4.84. The van der Waals surface area contributed by atoms with Gasteiger partial charge in [0.05, 0.1) is 6.61 Å². The highest BCUT2D eigenvalue weighted by Crippen LogP contribution is 2.26. The summed E-state index contributed by atoms with van der Waals surface area (Å²) in [6, 6.07) is 1.31. The lowest BCUT2D eigenvalue weighted by Gasteiger charge is -2.37. The molecule has 1 aliphatic rings. The standard InChI is InChI=1S/C14H30N2O/c1-12(2)10-16(13-7-5-6-8-13)14(9-15-3)11-17-4/h12-15H,5-11H2,1-4H3. The minimum atomic E-state index is 0.524. The fourth-order valence-electron chi connectivity index (χ4n) is 2.95. The molecule has 0 aromatic carbocycles. The molecule has 1 fully saturated rings. The van der Waals surface area contributed by atoms with Crippen LogP contribution in [-0.2, 0) is 4.74 Å². The monoisotopic (exact) mass is 242 g/mol. The van der Waals surface area contributed by atoms with E-state index in [0.717, 1.165) is 25.1 Å². The zero-order valence-electron chi connectivity index (χ0n) is 12.0. The van der Waals surface area contributed by atoms with Gasteiger partial charge in [0.1, 0.15) is 0 Å². The fourth-order valence-corrected chi connectivity index (χ4v) is 2.95. The summed E-state index contributed by atoms with van der Waals surface area (Å²) in [4.78, 5) is 2.69. The van der Waals surface area contributed by atoms with Crippen molar-refractivity contribution >= 4 is 0 Å². The van der Waals surface area contributed by atoms with Gasteiger partial charge in [0.2, 0.25) is 0 Å². The SMILES string of the molecule is CNCC(COC)N(CC(C)C)C1CCCC1. The van der Waals surface area contributed by atoms with Crippen molar-refractivity contribution in [2.75, 3.05) is 33.9 Å². The lowest BCUT2D eigenvalue weighted by molar-refractivity contribution is 0.0536. The predicted octanol–water partition coefficient (Wildman–Crippen LogP) is 2.12. The molecule has 1 saturated carbocycles. The van der Waals surface area contributed by atoms with E-state index in [1.54, 1.807) is 0 Å². The molecule has 3 heteroatoms. The quantitative estimate of drug-likeness (QED) is 0.705. The van der Waals surface area contributed by atoms with E-state index in [4.69, 9.17) is 4.74 Å². The molecule has 1 aliphatic carbocycles. The Kier molecular flexibility index (Phi) is 7.09. The molecule has 1 unspecified atom stereocenters. The average Bonchev–Trinajstić information content (AvgIpc) is 2.78. The van der Waals surface area contributed by atoms with Gasteiger partial charge in [-0.15, -0.1) is 0 Å². The smallest absolute Gasteiger partial charge is 0.0630 e. The molecule has 0 saturated heterocycles. The lowest BCUT2D eigenvalue weighted by atomic mass is 10.1. The van der Waals surface area contributed by atoms with Gasteiger partial charge in [0, 0.05) is 32.3 Å². The van der Waals surface area contributed by atoms with Gasteiger partial charge in [0.25, 0.3) is 0 Å². The van der Waals surface area contributed by atoms with E-state index in [1.165, 1.54) is 32.2 Å². The number of methoxy groups -OCH3 is 1. The molecule has 17 heavy (non-hydrogen) atoms. The van der Waals surface area contributed by atoms with Crippen LogP contribution in [0.25, 0.3) is 0 Å². The van der Waals surface area contributed by atoms with Crippen molar-refractivity contribution in [2.45, 2.75) is 51.6 Å². The van der Waals surface area contributed by atoms with E-state index in [9.17, 15) is 0 Å². The molecule has 1 rings (SSSR count). The van der Waals surface area contributed by atoms with Crippen molar-refractivity contribution < 1.29 is 4.74 Å². The van der Waals surface area contributed by atoms with Crippen LogP contribution in [0.2, 0.25) is 0 Å². The van der Waals surface area contributed by atoms with Crippen molar-refractivity contribution in [1.29, 1.82) is 0 Å². The molecule has 0 heterocycles. The zero-order valence-corrected chi connectivity index (χ0v) is 12.0. The number of nitrogens with zero attached hydrogens (tertiary/aromatic N) is 1. The van der Waals surface area contributed by atoms with Crippen LogP contribution >= 0.6 is 0 Å². The molecule has 0 bridgehead atoms. The predicted molar refractivity (Wildman–Crippen MR) is 73.4 cm³/mol. The molecule has 0 spiro atoms. The maximum absolute atomic E-state index is 5.40. The second kappa shape index (κ2) is 8.06. The lowest BCUT2D eigenvalue weighted by Crippen LogP contribution is -2.50. The van der Waals surface area contributed by atoms with Gasteiger partial charge in [-0.3, -0.25) is 4.90 Å². The topological polar surface area (TPSA) is 24.5 Å². The first-order chi connectivity index (χ1) is 8.19. The summed E-state index contributed by atoms with van der Waals surface area (Å²) in [7, 11) is 3.84. The first-order valence-electron chi connectivity index (χ1n) is 7.08. The van der Waals surface area contributed by atoms with Crippen molar-refractivity contribution in [3.63, 3.8) is 0 Å². The van der Waals surface area contributed by atoms with Gasteiger partial charge in [-0.25, -0.2) is 0 Å².